The van der Waals surface area contributed by atoms with Crippen molar-refractivity contribution in [1.82, 2.24) is 4.90 Å². The van der Waals surface area contributed by atoms with E-state index in [1.54, 1.807) is 0 Å². The highest BCUT2D eigenvalue weighted by Gasteiger charge is 2.48. The second-order valence-electron chi connectivity index (χ2n) is 5.20. The van der Waals surface area contributed by atoms with Crippen LogP contribution in [0.5, 0.6) is 0 Å². The number of rotatable bonds is 7. The fourth-order valence-electron chi connectivity index (χ4n) is 2.94. The van der Waals surface area contributed by atoms with Gasteiger partial charge in [-0.15, -0.1) is 0 Å². The van der Waals surface area contributed by atoms with Crippen LogP contribution >= 0.6 is 0 Å². The Hall–Kier alpha value is -0.120. The van der Waals surface area contributed by atoms with E-state index < -0.39 is 0 Å². The van der Waals surface area contributed by atoms with Crippen LogP contribution in [-0.2, 0) is 4.74 Å². The first-order valence-corrected chi connectivity index (χ1v) is 6.68. The Morgan fingerprint density at radius 3 is 2.38 bits per heavy atom. The molecule has 0 heterocycles. The molecule has 3 heteroatoms. The first-order valence-electron chi connectivity index (χ1n) is 6.68. The van der Waals surface area contributed by atoms with Gasteiger partial charge in [0.05, 0.1) is 6.10 Å². The molecule has 3 nitrogen and oxygen atoms in total. The molecule has 0 atom stereocenters. The van der Waals surface area contributed by atoms with Crippen LogP contribution in [0, 0.1) is 0 Å². The highest BCUT2D eigenvalue weighted by molar-refractivity contribution is 5.05. The highest BCUT2D eigenvalue weighted by Crippen LogP contribution is 2.40. The molecule has 0 aromatic heterocycles. The minimum atomic E-state index is 0.212. The molecule has 0 aromatic carbocycles. The van der Waals surface area contributed by atoms with Crippen molar-refractivity contribution in [3.05, 3.63) is 0 Å². The molecule has 1 rings (SSSR count). The Kier molecular flexibility index (Phi) is 5.22. The van der Waals surface area contributed by atoms with E-state index in [2.05, 4.69) is 32.6 Å². The van der Waals surface area contributed by atoms with E-state index in [1.807, 2.05) is 0 Å². The Morgan fingerprint density at radius 1 is 1.38 bits per heavy atom. The second kappa shape index (κ2) is 5.99. The van der Waals surface area contributed by atoms with Crippen molar-refractivity contribution >= 4 is 0 Å². The summed E-state index contributed by atoms with van der Waals surface area (Å²) in [5.41, 5.74) is 6.21. The summed E-state index contributed by atoms with van der Waals surface area (Å²) in [4.78, 5) is 2.57. The normalized spacial score (nSPS) is 29.8. The first kappa shape index (κ1) is 13.9. The summed E-state index contributed by atoms with van der Waals surface area (Å²) in [6, 6.07) is 0.575. The molecule has 0 spiro atoms. The van der Waals surface area contributed by atoms with Crippen LogP contribution in [0.1, 0.15) is 47.0 Å². The van der Waals surface area contributed by atoms with Crippen LogP contribution in [0.3, 0.4) is 0 Å². The first-order chi connectivity index (χ1) is 7.59. The molecular weight excluding hydrogens is 200 g/mol. The minimum absolute atomic E-state index is 0.212. The summed E-state index contributed by atoms with van der Waals surface area (Å²) >= 11 is 0. The van der Waals surface area contributed by atoms with Gasteiger partial charge in [0.25, 0.3) is 0 Å². The van der Waals surface area contributed by atoms with Crippen molar-refractivity contribution in [1.29, 1.82) is 0 Å². The summed E-state index contributed by atoms with van der Waals surface area (Å²) in [7, 11) is 0. The SMILES string of the molecule is CCCN(C(C)C)C1(CN)CC(OCC)C1. The lowest BCUT2D eigenvalue weighted by atomic mass is 9.72. The van der Waals surface area contributed by atoms with Crippen molar-refractivity contribution in [3.8, 4) is 0 Å². The maximum absolute atomic E-state index is 6.00. The van der Waals surface area contributed by atoms with Gasteiger partial charge < -0.3 is 10.5 Å². The van der Waals surface area contributed by atoms with Crippen molar-refractivity contribution in [2.75, 3.05) is 19.7 Å². The zero-order valence-corrected chi connectivity index (χ0v) is 11.3. The van der Waals surface area contributed by atoms with Gasteiger partial charge in [0, 0.05) is 24.7 Å². The standard InChI is InChI=1S/C13H28N2O/c1-5-7-15(11(3)4)13(10-14)8-12(9-13)16-6-2/h11-12H,5-10,14H2,1-4H3. The Balaban J connectivity index is 2.59. The Bertz CT molecular complexity index is 200. The summed E-state index contributed by atoms with van der Waals surface area (Å²) in [5, 5.41) is 0. The molecule has 0 radical (unpaired) electrons. The molecule has 16 heavy (non-hydrogen) atoms. The number of hydrogen-bond donors (Lipinski definition) is 1. The summed E-state index contributed by atoms with van der Waals surface area (Å²) in [5.74, 6) is 0. The monoisotopic (exact) mass is 228 g/mol. The van der Waals surface area contributed by atoms with Crippen LogP contribution < -0.4 is 5.73 Å². The molecule has 0 aliphatic heterocycles. The van der Waals surface area contributed by atoms with E-state index in [1.165, 1.54) is 6.42 Å². The number of hydrogen-bond acceptors (Lipinski definition) is 3. The van der Waals surface area contributed by atoms with Crippen molar-refractivity contribution in [2.24, 2.45) is 5.73 Å². The maximum Gasteiger partial charge on any atom is 0.0611 e. The lowest BCUT2D eigenvalue weighted by molar-refractivity contribution is -0.109. The third kappa shape index (κ3) is 2.76. The molecule has 0 unspecified atom stereocenters. The molecule has 96 valence electrons. The second-order valence-corrected chi connectivity index (χ2v) is 5.20. The predicted octanol–water partition coefficient (Wildman–Crippen LogP) is 2.00. The molecule has 0 amide bonds. The molecule has 0 aromatic rings. The van der Waals surface area contributed by atoms with E-state index in [4.69, 9.17) is 10.5 Å². The van der Waals surface area contributed by atoms with E-state index in [0.717, 1.165) is 32.5 Å². The van der Waals surface area contributed by atoms with E-state index in [-0.39, 0.29) is 5.54 Å². The molecule has 1 saturated carbocycles. The average molecular weight is 228 g/mol. The zero-order valence-electron chi connectivity index (χ0n) is 11.3. The lowest BCUT2D eigenvalue weighted by Gasteiger charge is -2.55. The molecule has 2 N–H and O–H groups in total. The highest BCUT2D eigenvalue weighted by atomic mass is 16.5. The summed E-state index contributed by atoms with van der Waals surface area (Å²) in [6.07, 6.45) is 3.84. The fourth-order valence-corrected chi connectivity index (χ4v) is 2.94. The van der Waals surface area contributed by atoms with Gasteiger partial charge in [-0.05, 0) is 46.6 Å². The largest absolute Gasteiger partial charge is 0.378 e. The number of nitrogens with two attached hydrogens (primary N) is 1. The van der Waals surface area contributed by atoms with Crippen LogP contribution in [0.4, 0.5) is 0 Å². The molecule has 1 fully saturated rings. The maximum atomic E-state index is 6.00. The van der Waals surface area contributed by atoms with Gasteiger partial charge in [-0.3, -0.25) is 4.90 Å². The molecule has 1 aliphatic rings. The van der Waals surface area contributed by atoms with Gasteiger partial charge in [0.1, 0.15) is 0 Å². The van der Waals surface area contributed by atoms with Crippen LogP contribution in [-0.4, -0.2) is 42.3 Å². The predicted molar refractivity (Wildman–Crippen MR) is 68.6 cm³/mol. The van der Waals surface area contributed by atoms with Gasteiger partial charge in [-0.25, -0.2) is 0 Å². The summed E-state index contributed by atoms with van der Waals surface area (Å²) < 4.78 is 5.66. The Labute approximate surface area is 100 Å². The van der Waals surface area contributed by atoms with Crippen LogP contribution in [0.2, 0.25) is 0 Å². The lowest BCUT2D eigenvalue weighted by Crippen LogP contribution is -2.65. The molecule has 0 bridgehead atoms. The fraction of sp³-hybridized carbons (Fsp3) is 1.00. The van der Waals surface area contributed by atoms with Crippen LogP contribution in [0.15, 0.2) is 0 Å². The average Bonchev–Trinajstić information content (AvgIpc) is 2.20. The van der Waals surface area contributed by atoms with Gasteiger partial charge in [0.15, 0.2) is 0 Å². The minimum Gasteiger partial charge on any atom is -0.378 e. The molecular formula is C13H28N2O. The van der Waals surface area contributed by atoms with Gasteiger partial charge >= 0.3 is 0 Å². The molecule has 1 aliphatic carbocycles. The third-order valence-corrected chi connectivity index (χ3v) is 3.69. The van der Waals surface area contributed by atoms with Crippen molar-refractivity contribution < 1.29 is 4.74 Å². The quantitative estimate of drug-likeness (QED) is 0.724. The van der Waals surface area contributed by atoms with E-state index in [0.29, 0.717) is 12.1 Å². The van der Waals surface area contributed by atoms with Crippen LogP contribution in [0.25, 0.3) is 0 Å². The number of ether oxygens (including phenoxy) is 1. The van der Waals surface area contributed by atoms with E-state index in [9.17, 15) is 0 Å². The molecule has 0 saturated heterocycles. The van der Waals surface area contributed by atoms with E-state index >= 15 is 0 Å². The van der Waals surface area contributed by atoms with Gasteiger partial charge in [0.2, 0.25) is 0 Å². The van der Waals surface area contributed by atoms with Crippen molar-refractivity contribution in [2.45, 2.75) is 64.6 Å². The smallest absolute Gasteiger partial charge is 0.0611 e. The topological polar surface area (TPSA) is 38.5 Å². The van der Waals surface area contributed by atoms with Gasteiger partial charge in [-0.1, -0.05) is 6.92 Å². The Morgan fingerprint density at radius 2 is 2.00 bits per heavy atom. The van der Waals surface area contributed by atoms with Gasteiger partial charge in [-0.2, -0.15) is 0 Å². The van der Waals surface area contributed by atoms with Crippen molar-refractivity contribution in [3.63, 3.8) is 0 Å². The zero-order chi connectivity index (χ0) is 12.2. The third-order valence-electron chi connectivity index (χ3n) is 3.69. The number of nitrogens with zero attached hydrogens (tertiary/aromatic N) is 1. The summed E-state index contributed by atoms with van der Waals surface area (Å²) in [6.45, 7) is 11.6.